The Hall–Kier alpha value is -2.76. The number of nitrogens with zero attached hydrogens (tertiary/aromatic N) is 4. The Kier molecular flexibility index (Phi) is 3.36. The lowest BCUT2D eigenvalue weighted by molar-refractivity contribution is 0.996. The number of aromatic nitrogens is 4. The second-order valence-corrected chi connectivity index (χ2v) is 4.22. The molecule has 0 aliphatic heterocycles. The molecule has 0 saturated carbocycles. The van der Waals surface area contributed by atoms with Crippen molar-refractivity contribution in [1.29, 1.82) is 0 Å². The molecule has 6 nitrogen and oxygen atoms in total. The van der Waals surface area contributed by atoms with Crippen molar-refractivity contribution in [2.75, 3.05) is 17.7 Å². The van der Waals surface area contributed by atoms with Crippen molar-refractivity contribution in [3.8, 4) is 0 Å². The van der Waals surface area contributed by atoms with Crippen LogP contribution >= 0.6 is 0 Å². The summed E-state index contributed by atoms with van der Waals surface area (Å²) in [6.45, 7) is 0.590. The predicted octanol–water partition coefficient (Wildman–Crippen LogP) is 2.07. The molecule has 0 fully saturated rings. The number of nitrogens with one attached hydrogen (secondary N) is 2. The maximum atomic E-state index is 4.46. The molecule has 1 aromatic carbocycles. The SMILES string of the molecule is CNc1nc(NCc2ccncn2)c2ccccc2n1. The van der Waals surface area contributed by atoms with Crippen LogP contribution in [0.25, 0.3) is 10.9 Å². The van der Waals surface area contributed by atoms with Gasteiger partial charge in [0.1, 0.15) is 12.1 Å². The highest BCUT2D eigenvalue weighted by Crippen LogP contribution is 2.21. The zero-order chi connectivity index (χ0) is 13.8. The molecule has 0 radical (unpaired) electrons. The van der Waals surface area contributed by atoms with Gasteiger partial charge in [0.2, 0.25) is 5.95 Å². The summed E-state index contributed by atoms with van der Waals surface area (Å²) in [5.74, 6) is 1.38. The van der Waals surface area contributed by atoms with Crippen molar-refractivity contribution in [3.63, 3.8) is 0 Å². The van der Waals surface area contributed by atoms with Gasteiger partial charge in [-0.25, -0.2) is 15.0 Å². The van der Waals surface area contributed by atoms with E-state index < -0.39 is 0 Å². The monoisotopic (exact) mass is 266 g/mol. The molecule has 0 spiro atoms. The summed E-state index contributed by atoms with van der Waals surface area (Å²) in [6, 6.07) is 9.77. The zero-order valence-electron chi connectivity index (χ0n) is 11.0. The van der Waals surface area contributed by atoms with Crippen LogP contribution in [0.2, 0.25) is 0 Å². The standard InChI is InChI=1S/C14H14N6/c1-15-14-19-12-5-3-2-4-11(12)13(20-14)17-8-10-6-7-16-9-18-10/h2-7,9H,8H2,1H3,(H2,15,17,19,20). The van der Waals surface area contributed by atoms with E-state index in [4.69, 9.17) is 0 Å². The Morgan fingerprint density at radius 3 is 2.80 bits per heavy atom. The third kappa shape index (κ3) is 2.49. The summed E-state index contributed by atoms with van der Waals surface area (Å²) >= 11 is 0. The van der Waals surface area contributed by atoms with Crippen LogP contribution < -0.4 is 10.6 Å². The van der Waals surface area contributed by atoms with Crippen molar-refractivity contribution in [1.82, 2.24) is 19.9 Å². The number of fused-ring (bicyclic) bond motifs is 1. The summed E-state index contributed by atoms with van der Waals surface area (Å²) in [5.41, 5.74) is 1.81. The fraction of sp³-hybridized carbons (Fsp3) is 0.143. The zero-order valence-corrected chi connectivity index (χ0v) is 11.0. The van der Waals surface area contributed by atoms with Crippen LogP contribution in [0.4, 0.5) is 11.8 Å². The Bertz CT molecular complexity index is 713. The fourth-order valence-electron chi connectivity index (χ4n) is 1.92. The number of para-hydroxylation sites is 1. The molecule has 2 heterocycles. The van der Waals surface area contributed by atoms with Gasteiger partial charge in [-0.1, -0.05) is 12.1 Å². The van der Waals surface area contributed by atoms with Gasteiger partial charge in [0.25, 0.3) is 0 Å². The lowest BCUT2D eigenvalue weighted by Crippen LogP contribution is -2.06. The van der Waals surface area contributed by atoms with Crippen molar-refractivity contribution in [3.05, 3.63) is 48.5 Å². The van der Waals surface area contributed by atoms with E-state index in [1.54, 1.807) is 13.2 Å². The summed E-state index contributed by atoms with van der Waals surface area (Å²) < 4.78 is 0. The molecule has 0 bridgehead atoms. The molecule has 2 N–H and O–H groups in total. The molecule has 0 atom stereocenters. The average molecular weight is 266 g/mol. The summed E-state index contributed by atoms with van der Waals surface area (Å²) in [7, 11) is 1.80. The van der Waals surface area contributed by atoms with Gasteiger partial charge >= 0.3 is 0 Å². The van der Waals surface area contributed by atoms with Crippen LogP contribution in [-0.2, 0) is 6.54 Å². The summed E-state index contributed by atoms with van der Waals surface area (Å²) in [5, 5.41) is 7.25. The highest BCUT2D eigenvalue weighted by atomic mass is 15.1. The molecule has 3 rings (SSSR count). The Morgan fingerprint density at radius 2 is 2.00 bits per heavy atom. The summed E-state index contributed by atoms with van der Waals surface area (Å²) in [4.78, 5) is 17.0. The molecule has 3 aromatic rings. The van der Waals surface area contributed by atoms with E-state index in [1.807, 2.05) is 30.3 Å². The van der Waals surface area contributed by atoms with Crippen LogP contribution in [-0.4, -0.2) is 27.0 Å². The second kappa shape index (κ2) is 5.48. The van der Waals surface area contributed by atoms with Gasteiger partial charge in [-0.3, -0.25) is 0 Å². The number of hydrogen-bond acceptors (Lipinski definition) is 6. The minimum atomic E-state index is 0.590. The quantitative estimate of drug-likeness (QED) is 0.753. The maximum absolute atomic E-state index is 4.46. The first-order chi connectivity index (χ1) is 9.86. The average Bonchev–Trinajstić information content (AvgIpc) is 2.53. The molecule has 2 aromatic heterocycles. The van der Waals surface area contributed by atoms with E-state index in [9.17, 15) is 0 Å². The Morgan fingerprint density at radius 1 is 1.10 bits per heavy atom. The number of hydrogen-bond donors (Lipinski definition) is 2. The largest absolute Gasteiger partial charge is 0.364 e. The first kappa shape index (κ1) is 12.3. The van der Waals surface area contributed by atoms with Crippen LogP contribution in [0.15, 0.2) is 42.9 Å². The van der Waals surface area contributed by atoms with Gasteiger partial charge in [0.15, 0.2) is 0 Å². The van der Waals surface area contributed by atoms with Gasteiger partial charge in [-0.15, -0.1) is 0 Å². The normalized spacial score (nSPS) is 10.4. The van der Waals surface area contributed by atoms with E-state index in [0.29, 0.717) is 12.5 Å². The van der Waals surface area contributed by atoms with Crippen LogP contribution in [0.5, 0.6) is 0 Å². The van der Waals surface area contributed by atoms with E-state index in [0.717, 1.165) is 22.4 Å². The first-order valence-corrected chi connectivity index (χ1v) is 6.30. The van der Waals surface area contributed by atoms with Gasteiger partial charge in [0, 0.05) is 18.6 Å². The smallest absolute Gasteiger partial charge is 0.224 e. The van der Waals surface area contributed by atoms with Crippen LogP contribution in [0.1, 0.15) is 5.69 Å². The molecule has 0 unspecified atom stereocenters. The molecule has 100 valence electrons. The molecule has 0 saturated heterocycles. The third-order valence-corrected chi connectivity index (χ3v) is 2.91. The van der Waals surface area contributed by atoms with Gasteiger partial charge in [-0.05, 0) is 18.2 Å². The Balaban J connectivity index is 1.93. The molecule has 0 amide bonds. The van der Waals surface area contributed by atoms with E-state index in [-0.39, 0.29) is 0 Å². The molecule has 0 aliphatic rings. The molecular formula is C14H14N6. The lowest BCUT2D eigenvalue weighted by Gasteiger charge is -2.10. The fourth-order valence-corrected chi connectivity index (χ4v) is 1.92. The third-order valence-electron chi connectivity index (χ3n) is 2.91. The number of benzene rings is 1. The highest BCUT2D eigenvalue weighted by Gasteiger charge is 2.06. The first-order valence-electron chi connectivity index (χ1n) is 6.30. The molecule has 6 heteroatoms. The minimum Gasteiger partial charge on any atom is -0.364 e. The Labute approximate surface area is 116 Å². The van der Waals surface area contributed by atoms with Gasteiger partial charge in [-0.2, -0.15) is 4.98 Å². The maximum Gasteiger partial charge on any atom is 0.224 e. The van der Waals surface area contributed by atoms with Gasteiger partial charge < -0.3 is 10.6 Å². The number of rotatable bonds is 4. The van der Waals surface area contributed by atoms with Crippen molar-refractivity contribution in [2.24, 2.45) is 0 Å². The molecule has 20 heavy (non-hydrogen) atoms. The highest BCUT2D eigenvalue weighted by molar-refractivity contribution is 5.89. The van der Waals surface area contributed by atoms with Crippen molar-refractivity contribution in [2.45, 2.75) is 6.54 Å². The minimum absolute atomic E-state index is 0.590. The van der Waals surface area contributed by atoms with Crippen LogP contribution in [0, 0.1) is 0 Å². The van der Waals surface area contributed by atoms with E-state index in [2.05, 4.69) is 30.6 Å². The van der Waals surface area contributed by atoms with Crippen molar-refractivity contribution >= 4 is 22.7 Å². The summed E-state index contributed by atoms with van der Waals surface area (Å²) in [6.07, 6.45) is 3.26. The second-order valence-electron chi connectivity index (χ2n) is 4.22. The topological polar surface area (TPSA) is 75.6 Å². The van der Waals surface area contributed by atoms with Crippen LogP contribution in [0.3, 0.4) is 0 Å². The molecular weight excluding hydrogens is 252 g/mol. The van der Waals surface area contributed by atoms with Gasteiger partial charge in [0.05, 0.1) is 17.8 Å². The number of anilines is 2. The van der Waals surface area contributed by atoms with Crippen molar-refractivity contribution < 1.29 is 0 Å². The van der Waals surface area contributed by atoms with E-state index >= 15 is 0 Å². The molecule has 0 aliphatic carbocycles. The predicted molar refractivity (Wildman–Crippen MR) is 78.4 cm³/mol. The van der Waals surface area contributed by atoms with E-state index in [1.165, 1.54) is 6.33 Å². The lowest BCUT2D eigenvalue weighted by atomic mass is 10.2.